The number of nitrogens with zero attached hydrogens (tertiary/aromatic N) is 4. The van der Waals surface area contributed by atoms with Gasteiger partial charge in [0.2, 0.25) is 5.91 Å². The molecule has 8 unspecified atom stereocenters. The van der Waals surface area contributed by atoms with Crippen LogP contribution in [-0.4, -0.2) is 100 Å². The standard InChI is InChI=1S/C29H48FN9O2S/c1-15(2)24-25-19(8-9-31-24)10-21(42)7-6-20-12-32-35-39(20)28-23(30)11-22-26(34-29(41)38(25)27(22)33-28)37-14-16(3)36(18(5)40)13-17(37)4/h7,12,15-17,19,22-28,31-33,35,42H,6,8-11,13-14H2,1-5H3,(H,34,41)/b21-7+/t16-,17+,19?,22?,23?,24?,25?,26?,27?,28?/m1/s1. The molecule has 6 heterocycles. The number of thiol groups is 1. The van der Waals surface area contributed by atoms with Crippen molar-refractivity contribution in [3.63, 3.8) is 0 Å². The van der Waals surface area contributed by atoms with Crippen LogP contribution in [0, 0.1) is 17.8 Å². The van der Waals surface area contributed by atoms with Crippen LogP contribution in [0.1, 0.15) is 60.3 Å². The number of rotatable bonds is 2. The van der Waals surface area contributed by atoms with E-state index in [1.807, 2.05) is 27.9 Å². The Morgan fingerprint density at radius 3 is 2.67 bits per heavy atom. The average molecular weight is 606 g/mol. The molecule has 0 aromatic heterocycles. The zero-order valence-electron chi connectivity index (χ0n) is 25.4. The van der Waals surface area contributed by atoms with E-state index in [0.29, 0.717) is 31.8 Å². The average Bonchev–Trinajstić information content (AvgIpc) is 3.40. The van der Waals surface area contributed by atoms with Crippen LogP contribution in [0.3, 0.4) is 0 Å². The summed E-state index contributed by atoms with van der Waals surface area (Å²) in [6.45, 7) is 12.3. The van der Waals surface area contributed by atoms with Crippen molar-refractivity contribution in [1.82, 2.24) is 46.6 Å². The Kier molecular flexibility index (Phi) is 8.42. The molecule has 11 nitrogen and oxygen atoms in total. The molecule has 3 amide bonds. The first-order chi connectivity index (χ1) is 20.0. The number of halogens is 1. The van der Waals surface area contributed by atoms with Crippen molar-refractivity contribution < 1.29 is 14.0 Å². The fourth-order valence-corrected chi connectivity index (χ4v) is 8.71. The van der Waals surface area contributed by atoms with Crippen molar-refractivity contribution in [3.8, 4) is 0 Å². The molecule has 6 aliphatic heterocycles. The second-order valence-corrected chi connectivity index (χ2v) is 14.0. The molecule has 0 aliphatic carbocycles. The number of piperazine rings is 1. The van der Waals surface area contributed by atoms with E-state index in [2.05, 4.69) is 58.7 Å². The van der Waals surface area contributed by atoms with Gasteiger partial charge >= 0.3 is 6.03 Å². The number of amides is 3. The molecular weight excluding hydrogens is 557 g/mol. The molecule has 0 aromatic carbocycles. The van der Waals surface area contributed by atoms with E-state index < -0.39 is 12.3 Å². The Labute approximate surface area is 254 Å². The number of nitrogens with one attached hydrogen (secondary N) is 5. The van der Waals surface area contributed by atoms with Crippen LogP contribution in [0.5, 0.6) is 0 Å². The van der Waals surface area contributed by atoms with Crippen LogP contribution in [0.4, 0.5) is 9.18 Å². The molecule has 0 aromatic rings. The van der Waals surface area contributed by atoms with Gasteiger partial charge in [-0.05, 0) is 56.4 Å². The highest BCUT2D eigenvalue weighted by molar-refractivity contribution is 7.84. The number of hydrazine groups is 2. The summed E-state index contributed by atoms with van der Waals surface area (Å²) in [7, 11) is 0. The maximum atomic E-state index is 16.4. The van der Waals surface area contributed by atoms with Crippen molar-refractivity contribution in [3.05, 3.63) is 22.9 Å². The second kappa shape index (κ2) is 11.8. The molecule has 0 radical (unpaired) electrons. The number of carbonyl (C=O) groups excluding carboxylic acids is 2. The Balaban J connectivity index is 1.41. The molecule has 42 heavy (non-hydrogen) atoms. The SMILES string of the molecule is CC(=O)N1C[C@H](C)N(C2NC(=O)N3C4NC(C(F)CC42)N2NNC=C2C/C=C(/S)CC2CCNC(C(C)C)C23)C[C@H]1C. The number of hydrogen-bond donors (Lipinski definition) is 6. The molecule has 0 spiro atoms. The minimum Gasteiger partial charge on any atom is -0.337 e. The Bertz CT molecular complexity index is 1120. The largest absolute Gasteiger partial charge is 0.337 e. The fourth-order valence-electron chi connectivity index (χ4n) is 8.39. The minimum absolute atomic E-state index is 0.000762. The van der Waals surface area contributed by atoms with Gasteiger partial charge in [0.1, 0.15) is 12.3 Å². The van der Waals surface area contributed by atoms with Crippen molar-refractivity contribution in [2.24, 2.45) is 17.8 Å². The molecule has 6 rings (SSSR count). The van der Waals surface area contributed by atoms with Gasteiger partial charge in [0, 0.05) is 56.7 Å². The lowest BCUT2D eigenvalue weighted by molar-refractivity contribution is -0.140. The van der Waals surface area contributed by atoms with Crippen LogP contribution in [0.25, 0.3) is 0 Å². The maximum Gasteiger partial charge on any atom is 0.320 e. The summed E-state index contributed by atoms with van der Waals surface area (Å²) in [4.78, 5) is 33.9. The van der Waals surface area contributed by atoms with Gasteiger partial charge in [-0.3, -0.25) is 20.0 Å². The lowest BCUT2D eigenvalue weighted by Gasteiger charge is -2.60. The van der Waals surface area contributed by atoms with E-state index in [9.17, 15) is 9.59 Å². The van der Waals surface area contributed by atoms with Crippen LogP contribution >= 0.6 is 12.6 Å². The van der Waals surface area contributed by atoms with E-state index >= 15 is 4.39 Å². The lowest BCUT2D eigenvalue weighted by Crippen LogP contribution is -2.80. The van der Waals surface area contributed by atoms with Gasteiger partial charge in [-0.15, -0.1) is 18.2 Å². The predicted octanol–water partition coefficient (Wildman–Crippen LogP) is 1.66. The third-order valence-electron chi connectivity index (χ3n) is 10.4. The molecule has 13 heteroatoms. The summed E-state index contributed by atoms with van der Waals surface area (Å²) in [6.07, 6.45) is 4.07. The van der Waals surface area contributed by atoms with Gasteiger partial charge < -0.3 is 25.9 Å². The molecule has 4 fully saturated rings. The molecule has 4 saturated heterocycles. The Morgan fingerprint density at radius 1 is 1.14 bits per heavy atom. The first kappa shape index (κ1) is 30.0. The highest BCUT2D eigenvalue weighted by Gasteiger charge is 2.56. The highest BCUT2D eigenvalue weighted by atomic mass is 32.1. The normalized spacial score (nSPS) is 42.3. The smallest absolute Gasteiger partial charge is 0.320 e. The van der Waals surface area contributed by atoms with Crippen molar-refractivity contribution in [2.45, 2.75) is 109 Å². The minimum atomic E-state index is -1.18. The molecule has 0 saturated carbocycles. The van der Waals surface area contributed by atoms with E-state index in [0.717, 1.165) is 30.0 Å². The molecule has 2 bridgehead atoms. The molecule has 10 atom stereocenters. The third kappa shape index (κ3) is 5.29. The number of urea groups is 1. The Morgan fingerprint density at radius 2 is 1.93 bits per heavy atom. The van der Waals surface area contributed by atoms with Crippen molar-refractivity contribution in [1.29, 1.82) is 0 Å². The first-order valence-electron chi connectivity index (χ1n) is 15.7. The summed E-state index contributed by atoms with van der Waals surface area (Å²) in [5.74, 6) is 0.382. The molecule has 234 valence electrons. The fraction of sp³-hybridized carbons (Fsp3) is 0.793. The number of hydrogen-bond acceptors (Lipinski definition) is 9. The third-order valence-corrected chi connectivity index (χ3v) is 10.8. The van der Waals surface area contributed by atoms with Gasteiger partial charge in [-0.2, -0.15) is 0 Å². The zero-order chi connectivity index (χ0) is 29.9. The monoisotopic (exact) mass is 605 g/mol. The van der Waals surface area contributed by atoms with Crippen molar-refractivity contribution >= 4 is 24.6 Å². The number of allylic oxidation sites excluding steroid dienone is 2. The molecule has 6 aliphatic rings. The summed E-state index contributed by atoms with van der Waals surface area (Å²) in [6, 6.07) is -0.0857. The number of piperidine rings is 2. The summed E-state index contributed by atoms with van der Waals surface area (Å²) in [5, 5.41) is 12.6. The van der Waals surface area contributed by atoms with Crippen LogP contribution < -0.4 is 26.9 Å². The van der Waals surface area contributed by atoms with Gasteiger partial charge in [0.25, 0.3) is 0 Å². The zero-order valence-corrected chi connectivity index (χ0v) is 26.3. The quantitative estimate of drug-likeness (QED) is 0.264. The number of alkyl halides is 1. The summed E-state index contributed by atoms with van der Waals surface area (Å²) in [5.41, 5.74) is 7.11. The topological polar surface area (TPSA) is 107 Å². The van der Waals surface area contributed by atoms with Crippen LogP contribution in [0.2, 0.25) is 0 Å². The number of fused-ring (bicyclic) bond motifs is 5. The number of carbonyl (C=O) groups is 2. The second-order valence-electron chi connectivity index (χ2n) is 13.5. The van der Waals surface area contributed by atoms with E-state index in [1.54, 1.807) is 6.92 Å². The molecule has 5 N–H and O–H groups in total. The van der Waals surface area contributed by atoms with E-state index in [-0.39, 0.29) is 60.3 Å². The lowest BCUT2D eigenvalue weighted by atomic mass is 9.76. The van der Waals surface area contributed by atoms with Crippen molar-refractivity contribution in [2.75, 3.05) is 19.6 Å². The Hall–Kier alpha value is -2.06. The first-order valence-corrected chi connectivity index (χ1v) is 16.1. The molecular formula is C29H48FN9O2S. The van der Waals surface area contributed by atoms with Crippen LogP contribution in [0.15, 0.2) is 22.9 Å². The van der Waals surface area contributed by atoms with Gasteiger partial charge in [0.15, 0.2) is 0 Å². The van der Waals surface area contributed by atoms with Gasteiger partial charge in [-0.1, -0.05) is 19.9 Å². The van der Waals surface area contributed by atoms with Gasteiger partial charge in [-0.25, -0.2) is 9.18 Å². The van der Waals surface area contributed by atoms with Gasteiger partial charge in [0.05, 0.1) is 24.1 Å². The maximum absolute atomic E-state index is 16.4. The summed E-state index contributed by atoms with van der Waals surface area (Å²) < 4.78 is 16.4. The van der Waals surface area contributed by atoms with E-state index in [1.165, 1.54) is 0 Å². The predicted molar refractivity (Wildman–Crippen MR) is 162 cm³/mol. The highest BCUT2D eigenvalue weighted by Crippen LogP contribution is 2.41. The van der Waals surface area contributed by atoms with E-state index in [4.69, 9.17) is 12.6 Å². The van der Waals surface area contributed by atoms with Crippen LogP contribution in [-0.2, 0) is 4.79 Å². The summed E-state index contributed by atoms with van der Waals surface area (Å²) >= 11 is 4.90.